The number of ketones is 1. The number of fused-ring (bicyclic) bond motifs is 3. The van der Waals surface area contributed by atoms with Gasteiger partial charge in [-0.05, 0) is 48.0 Å². The third-order valence-electron chi connectivity index (χ3n) is 4.74. The molecule has 0 fully saturated rings. The van der Waals surface area contributed by atoms with Crippen molar-refractivity contribution in [3.63, 3.8) is 0 Å². The topological polar surface area (TPSA) is 46.5 Å². The van der Waals surface area contributed by atoms with Crippen LogP contribution in [-0.4, -0.2) is 24.1 Å². The molecule has 124 valence electrons. The van der Waals surface area contributed by atoms with Crippen molar-refractivity contribution in [3.05, 3.63) is 33.3 Å². The van der Waals surface area contributed by atoms with E-state index in [1.54, 1.807) is 6.08 Å². The minimum Gasteiger partial charge on any atom is -0.490 e. The highest BCUT2D eigenvalue weighted by Crippen LogP contribution is 2.56. The fourth-order valence-electron chi connectivity index (χ4n) is 3.83. The maximum Gasteiger partial charge on any atom is 0.156 e. The smallest absolute Gasteiger partial charge is 0.156 e. The number of halogens is 2. The molecule has 23 heavy (non-hydrogen) atoms. The Balaban J connectivity index is 2.14. The van der Waals surface area contributed by atoms with Crippen molar-refractivity contribution in [3.8, 4) is 5.75 Å². The van der Waals surface area contributed by atoms with E-state index in [-0.39, 0.29) is 19.0 Å². The lowest BCUT2D eigenvalue weighted by Gasteiger charge is -2.23. The first-order valence-electron chi connectivity index (χ1n) is 8.08. The Morgan fingerprint density at radius 1 is 1.35 bits per heavy atom. The zero-order valence-corrected chi connectivity index (χ0v) is 14.6. The van der Waals surface area contributed by atoms with Crippen LogP contribution < -0.4 is 4.74 Å². The fourth-order valence-corrected chi connectivity index (χ4v) is 4.35. The second-order valence-electron chi connectivity index (χ2n) is 6.15. The van der Waals surface area contributed by atoms with Crippen LogP contribution in [0.2, 0.25) is 10.0 Å². The maximum atomic E-state index is 11.9. The number of ether oxygens (including phenoxy) is 1. The van der Waals surface area contributed by atoms with Gasteiger partial charge in [-0.15, -0.1) is 0 Å². The number of carbonyl (C=O) groups excluding carboxylic acids is 1. The molecule has 0 amide bonds. The first-order valence-corrected chi connectivity index (χ1v) is 8.84. The number of carbonyl (C=O) groups is 1. The van der Waals surface area contributed by atoms with Crippen LogP contribution >= 0.6 is 23.2 Å². The maximum absolute atomic E-state index is 11.9. The molecule has 2 atom stereocenters. The van der Waals surface area contributed by atoms with E-state index < -0.39 is 0 Å². The first-order chi connectivity index (χ1) is 11.1. The van der Waals surface area contributed by atoms with Crippen LogP contribution in [0, 0.1) is 5.92 Å². The van der Waals surface area contributed by atoms with Crippen molar-refractivity contribution in [2.24, 2.45) is 5.92 Å². The number of benzene rings is 1. The number of allylic oxidation sites excluding steroid dienone is 2. The minimum atomic E-state index is -0.0777. The number of rotatable bonds is 5. The zero-order valence-electron chi connectivity index (χ0n) is 13.1. The van der Waals surface area contributed by atoms with E-state index in [2.05, 4.69) is 6.92 Å². The van der Waals surface area contributed by atoms with Crippen molar-refractivity contribution in [2.75, 3.05) is 13.2 Å². The molecule has 2 unspecified atom stereocenters. The summed E-state index contributed by atoms with van der Waals surface area (Å²) in [6, 6.07) is 1.95. The van der Waals surface area contributed by atoms with Crippen LogP contribution in [-0.2, 0) is 4.79 Å². The third-order valence-corrected chi connectivity index (χ3v) is 5.59. The van der Waals surface area contributed by atoms with E-state index in [0.29, 0.717) is 34.1 Å². The highest BCUT2D eigenvalue weighted by atomic mass is 35.5. The summed E-state index contributed by atoms with van der Waals surface area (Å²) < 4.78 is 5.54. The molecule has 0 radical (unpaired) electrons. The van der Waals surface area contributed by atoms with Crippen LogP contribution in [0.1, 0.15) is 49.7 Å². The number of hydrogen-bond acceptors (Lipinski definition) is 3. The summed E-state index contributed by atoms with van der Waals surface area (Å²) in [5.74, 6) is 1.35. The lowest BCUT2D eigenvalue weighted by molar-refractivity contribution is -0.115. The zero-order chi connectivity index (χ0) is 16.6. The number of aliphatic hydroxyl groups excluding tert-OH is 1. The van der Waals surface area contributed by atoms with Gasteiger partial charge in [0.1, 0.15) is 17.4 Å². The Morgan fingerprint density at radius 2 is 2.13 bits per heavy atom. The summed E-state index contributed by atoms with van der Waals surface area (Å²) in [5, 5.41) is 9.78. The van der Waals surface area contributed by atoms with Crippen LogP contribution in [0.4, 0.5) is 0 Å². The van der Waals surface area contributed by atoms with Crippen molar-refractivity contribution in [1.82, 2.24) is 0 Å². The van der Waals surface area contributed by atoms with E-state index in [0.717, 1.165) is 36.0 Å². The molecule has 0 saturated carbocycles. The second-order valence-corrected chi connectivity index (χ2v) is 6.90. The summed E-state index contributed by atoms with van der Waals surface area (Å²) in [7, 11) is 0. The van der Waals surface area contributed by atoms with E-state index >= 15 is 0 Å². The van der Waals surface area contributed by atoms with Crippen LogP contribution in [0.3, 0.4) is 0 Å². The molecule has 3 nitrogen and oxygen atoms in total. The molecule has 2 aliphatic carbocycles. The molecule has 1 aromatic carbocycles. The Kier molecular flexibility index (Phi) is 5.00. The molecule has 3 rings (SSSR count). The summed E-state index contributed by atoms with van der Waals surface area (Å²) >= 11 is 12.9. The quantitative estimate of drug-likeness (QED) is 0.838. The molecule has 1 aromatic rings. The molecule has 1 N–H and O–H groups in total. The van der Waals surface area contributed by atoms with Crippen LogP contribution in [0.25, 0.3) is 5.57 Å². The minimum absolute atomic E-state index is 0.0777. The number of aliphatic hydroxyl groups is 1. The van der Waals surface area contributed by atoms with Crippen molar-refractivity contribution < 1.29 is 14.6 Å². The molecule has 2 aliphatic rings. The van der Waals surface area contributed by atoms with Gasteiger partial charge in [0, 0.05) is 12.0 Å². The monoisotopic (exact) mass is 354 g/mol. The third kappa shape index (κ3) is 2.90. The van der Waals surface area contributed by atoms with E-state index in [1.165, 1.54) is 0 Å². The van der Waals surface area contributed by atoms with Gasteiger partial charge in [0.05, 0.1) is 11.6 Å². The average Bonchev–Trinajstić information content (AvgIpc) is 2.83. The van der Waals surface area contributed by atoms with Crippen molar-refractivity contribution in [1.29, 1.82) is 0 Å². The van der Waals surface area contributed by atoms with Gasteiger partial charge < -0.3 is 9.84 Å². The molecule has 0 saturated heterocycles. The van der Waals surface area contributed by atoms with Crippen molar-refractivity contribution in [2.45, 2.75) is 38.5 Å². The van der Waals surface area contributed by atoms with E-state index in [4.69, 9.17) is 33.0 Å². The SMILES string of the molecule is CCCC1c2cc(OCCO)c(Cl)c(Cl)c2C2=CC(=O)CCC21. The molecule has 0 heterocycles. The van der Waals surface area contributed by atoms with Gasteiger partial charge in [-0.2, -0.15) is 0 Å². The molecule has 0 bridgehead atoms. The molecule has 5 heteroatoms. The fraction of sp³-hybridized carbons (Fsp3) is 0.500. The summed E-state index contributed by atoms with van der Waals surface area (Å²) in [6.07, 6.45) is 5.32. The number of hydrogen-bond donors (Lipinski definition) is 1. The largest absolute Gasteiger partial charge is 0.490 e. The standard InChI is InChI=1S/C18H20Cl2O3/c1-2-3-11-12-5-4-10(22)8-13(12)16-14(11)9-15(23-7-6-21)17(19)18(16)20/h8-9,11-12,21H,2-7H2,1H3. The second kappa shape index (κ2) is 6.84. The lowest BCUT2D eigenvalue weighted by atomic mass is 9.80. The average molecular weight is 355 g/mol. The predicted octanol–water partition coefficient (Wildman–Crippen LogP) is 4.62. The van der Waals surface area contributed by atoms with Crippen LogP contribution in [0.15, 0.2) is 12.1 Å². The highest BCUT2D eigenvalue weighted by molar-refractivity contribution is 6.44. The molecule has 0 aromatic heterocycles. The molecular weight excluding hydrogens is 335 g/mol. The van der Waals surface area contributed by atoms with Gasteiger partial charge in [-0.25, -0.2) is 0 Å². The molecule has 0 spiro atoms. The highest BCUT2D eigenvalue weighted by Gasteiger charge is 2.40. The Morgan fingerprint density at radius 3 is 2.83 bits per heavy atom. The molecular formula is C18H20Cl2O3. The first kappa shape index (κ1) is 16.8. The summed E-state index contributed by atoms with van der Waals surface area (Å²) in [4.78, 5) is 11.9. The normalized spacial score (nSPS) is 22.6. The Labute approximate surface area is 146 Å². The lowest BCUT2D eigenvalue weighted by Crippen LogP contribution is -2.14. The Bertz CT molecular complexity index is 667. The molecule has 0 aliphatic heterocycles. The van der Waals surface area contributed by atoms with Crippen LogP contribution in [0.5, 0.6) is 5.75 Å². The summed E-state index contributed by atoms with van der Waals surface area (Å²) in [6.45, 7) is 2.26. The predicted molar refractivity (Wildman–Crippen MR) is 92.4 cm³/mol. The summed E-state index contributed by atoms with van der Waals surface area (Å²) in [5.41, 5.74) is 3.08. The van der Waals surface area contributed by atoms with Crippen molar-refractivity contribution >= 4 is 34.6 Å². The van der Waals surface area contributed by atoms with Gasteiger partial charge in [-0.1, -0.05) is 36.5 Å². The van der Waals surface area contributed by atoms with Gasteiger partial charge in [-0.3, -0.25) is 4.79 Å². The Hall–Kier alpha value is -1.03. The van der Waals surface area contributed by atoms with E-state index in [1.807, 2.05) is 6.07 Å². The van der Waals surface area contributed by atoms with Gasteiger partial charge >= 0.3 is 0 Å². The van der Waals surface area contributed by atoms with E-state index in [9.17, 15) is 4.79 Å². The van der Waals surface area contributed by atoms with Gasteiger partial charge in [0.25, 0.3) is 0 Å². The van der Waals surface area contributed by atoms with Gasteiger partial charge in [0.15, 0.2) is 5.78 Å². The van der Waals surface area contributed by atoms with Gasteiger partial charge in [0.2, 0.25) is 0 Å².